The number of nitrogens with one attached hydrogen (secondary N) is 1. The van der Waals surface area contributed by atoms with Crippen LogP contribution in [0.15, 0.2) is 0 Å². The minimum absolute atomic E-state index is 0.619. The number of nitrogen functional groups attached to an aromatic ring is 1. The van der Waals surface area contributed by atoms with Gasteiger partial charge in [0.2, 0.25) is 0 Å². The summed E-state index contributed by atoms with van der Waals surface area (Å²) in [7, 11) is 0. The molecule has 1 aromatic rings. The lowest BCUT2D eigenvalue weighted by atomic mass is 10.1. The first-order valence-electron chi connectivity index (χ1n) is 5.24. The third-order valence-corrected chi connectivity index (χ3v) is 3.01. The third kappa shape index (κ3) is 1.62. The van der Waals surface area contributed by atoms with Crippen LogP contribution < -0.4 is 5.73 Å². The van der Waals surface area contributed by atoms with E-state index < -0.39 is 0 Å². The summed E-state index contributed by atoms with van der Waals surface area (Å²) in [6.45, 7) is 6.67. The van der Waals surface area contributed by atoms with E-state index in [-0.39, 0.29) is 0 Å². The molecule has 1 aliphatic heterocycles. The fourth-order valence-electron chi connectivity index (χ4n) is 2.04. The van der Waals surface area contributed by atoms with Crippen molar-refractivity contribution >= 4 is 5.82 Å². The van der Waals surface area contributed by atoms with Crippen LogP contribution in [0.1, 0.15) is 25.1 Å². The lowest BCUT2D eigenvalue weighted by Crippen LogP contribution is -2.33. The first kappa shape index (κ1) is 9.52. The molecule has 2 rings (SSSR count). The summed E-state index contributed by atoms with van der Waals surface area (Å²) in [4.78, 5) is 2.48. The van der Waals surface area contributed by atoms with Gasteiger partial charge in [0.05, 0.1) is 0 Å². The smallest absolute Gasteiger partial charge is 0.148 e. The predicted molar refractivity (Wildman–Crippen MR) is 57.1 cm³/mol. The second-order valence-corrected chi connectivity index (χ2v) is 4.20. The number of hydrogen-bond donors (Lipinski definition) is 2. The molecular weight excluding hydrogens is 176 g/mol. The van der Waals surface area contributed by atoms with Gasteiger partial charge in [-0.3, -0.25) is 5.10 Å². The average Bonchev–Trinajstić information content (AvgIpc) is 2.38. The highest BCUT2D eigenvalue weighted by molar-refractivity contribution is 5.42. The van der Waals surface area contributed by atoms with Gasteiger partial charge >= 0.3 is 0 Å². The molecule has 0 saturated carbocycles. The van der Waals surface area contributed by atoms with Crippen LogP contribution in [0, 0.1) is 0 Å². The first-order valence-corrected chi connectivity index (χ1v) is 5.24. The fraction of sp³-hybridized carbons (Fsp3) is 0.700. The Labute approximate surface area is 84.5 Å². The summed E-state index contributed by atoms with van der Waals surface area (Å²) in [5.74, 6) is 0.686. The Hall–Kier alpha value is -1.03. The van der Waals surface area contributed by atoms with Crippen LogP contribution in [0.3, 0.4) is 0 Å². The number of H-pyrrole nitrogens is 1. The van der Waals surface area contributed by atoms with Crippen molar-refractivity contribution in [1.29, 1.82) is 0 Å². The molecule has 0 saturated heterocycles. The van der Waals surface area contributed by atoms with Crippen molar-refractivity contribution in [2.45, 2.75) is 32.7 Å². The molecule has 0 spiro atoms. The van der Waals surface area contributed by atoms with Crippen LogP contribution in [0.4, 0.5) is 5.82 Å². The Morgan fingerprint density at radius 1 is 1.36 bits per heavy atom. The van der Waals surface area contributed by atoms with Crippen molar-refractivity contribution in [3.05, 3.63) is 11.3 Å². The Morgan fingerprint density at radius 2 is 2.07 bits per heavy atom. The normalized spacial score (nSPS) is 18.2. The van der Waals surface area contributed by atoms with Crippen LogP contribution in [0.25, 0.3) is 0 Å². The molecule has 0 bridgehead atoms. The molecule has 3 N–H and O–H groups in total. The molecule has 14 heavy (non-hydrogen) atoms. The molecular formula is C10H18N4. The number of rotatable bonds is 1. The van der Waals surface area contributed by atoms with Gasteiger partial charge in [0.15, 0.2) is 0 Å². The Morgan fingerprint density at radius 3 is 2.79 bits per heavy atom. The van der Waals surface area contributed by atoms with Gasteiger partial charge in [0.1, 0.15) is 5.82 Å². The summed E-state index contributed by atoms with van der Waals surface area (Å²) in [5, 5.41) is 7.07. The lowest BCUT2D eigenvalue weighted by Gasteiger charge is -2.23. The van der Waals surface area contributed by atoms with E-state index in [9.17, 15) is 0 Å². The number of hydrogen-bond acceptors (Lipinski definition) is 3. The van der Waals surface area contributed by atoms with Crippen LogP contribution in [-0.2, 0) is 12.8 Å². The second-order valence-electron chi connectivity index (χ2n) is 4.20. The lowest BCUT2D eigenvalue weighted by molar-refractivity contribution is 0.232. The molecule has 4 heteroatoms. The molecule has 0 fully saturated rings. The fourth-order valence-corrected chi connectivity index (χ4v) is 2.04. The van der Waals surface area contributed by atoms with Crippen molar-refractivity contribution in [3.63, 3.8) is 0 Å². The van der Waals surface area contributed by atoms with E-state index in [0.717, 1.165) is 25.9 Å². The van der Waals surface area contributed by atoms with Crippen molar-refractivity contribution in [3.8, 4) is 0 Å². The maximum atomic E-state index is 5.79. The standard InChI is InChI=1S/C10H18N4/c1-7(2)14-5-3-8-9(4-6-14)12-13-10(8)11/h7H,3-6H2,1-2H3,(H3,11,12,13). The minimum Gasteiger partial charge on any atom is -0.382 e. The number of fused-ring (bicyclic) bond motifs is 1. The highest BCUT2D eigenvalue weighted by Gasteiger charge is 2.19. The molecule has 1 aromatic heterocycles. The SMILES string of the molecule is CC(C)N1CCc2[nH]nc(N)c2CC1. The van der Waals surface area contributed by atoms with E-state index >= 15 is 0 Å². The van der Waals surface area contributed by atoms with Gasteiger partial charge in [-0.15, -0.1) is 0 Å². The predicted octanol–water partition coefficient (Wildman–Crippen LogP) is 0.801. The molecule has 0 radical (unpaired) electrons. The van der Waals surface area contributed by atoms with Gasteiger partial charge in [0, 0.05) is 36.8 Å². The average molecular weight is 194 g/mol. The van der Waals surface area contributed by atoms with E-state index in [1.807, 2.05) is 0 Å². The van der Waals surface area contributed by atoms with Crippen LogP contribution in [0.5, 0.6) is 0 Å². The van der Waals surface area contributed by atoms with Crippen molar-refractivity contribution in [2.24, 2.45) is 0 Å². The Kier molecular flexibility index (Phi) is 2.46. The van der Waals surface area contributed by atoms with E-state index in [1.54, 1.807) is 0 Å². The largest absolute Gasteiger partial charge is 0.382 e. The maximum Gasteiger partial charge on any atom is 0.148 e. The third-order valence-electron chi connectivity index (χ3n) is 3.01. The first-order chi connectivity index (χ1) is 6.68. The number of anilines is 1. The molecule has 4 nitrogen and oxygen atoms in total. The van der Waals surface area contributed by atoms with E-state index in [1.165, 1.54) is 11.3 Å². The monoisotopic (exact) mass is 194 g/mol. The van der Waals surface area contributed by atoms with Gasteiger partial charge in [-0.25, -0.2) is 0 Å². The van der Waals surface area contributed by atoms with Gasteiger partial charge in [0.25, 0.3) is 0 Å². The zero-order chi connectivity index (χ0) is 10.1. The van der Waals surface area contributed by atoms with Gasteiger partial charge in [-0.2, -0.15) is 5.10 Å². The maximum absolute atomic E-state index is 5.79. The number of nitrogens with zero attached hydrogens (tertiary/aromatic N) is 2. The second kappa shape index (κ2) is 3.61. The van der Waals surface area contributed by atoms with Crippen LogP contribution >= 0.6 is 0 Å². The molecule has 2 heterocycles. The summed E-state index contributed by atoms with van der Waals surface area (Å²) < 4.78 is 0. The number of aromatic nitrogens is 2. The summed E-state index contributed by atoms with van der Waals surface area (Å²) in [6.07, 6.45) is 2.06. The highest BCUT2D eigenvalue weighted by atomic mass is 15.2. The van der Waals surface area contributed by atoms with Crippen molar-refractivity contribution in [2.75, 3.05) is 18.8 Å². The number of nitrogens with two attached hydrogens (primary N) is 1. The molecule has 78 valence electrons. The highest BCUT2D eigenvalue weighted by Crippen LogP contribution is 2.19. The Bertz CT molecular complexity index is 316. The van der Waals surface area contributed by atoms with Gasteiger partial charge < -0.3 is 10.6 Å². The van der Waals surface area contributed by atoms with E-state index in [2.05, 4.69) is 28.9 Å². The van der Waals surface area contributed by atoms with Gasteiger partial charge in [-0.05, 0) is 20.3 Å². The summed E-state index contributed by atoms with van der Waals surface area (Å²) >= 11 is 0. The molecule has 0 amide bonds. The topological polar surface area (TPSA) is 57.9 Å². The van der Waals surface area contributed by atoms with E-state index in [4.69, 9.17) is 5.73 Å². The van der Waals surface area contributed by atoms with Crippen LogP contribution in [-0.4, -0.2) is 34.2 Å². The quantitative estimate of drug-likeness (QED) is 0.695. The summed E-state index contributed by atoms with van der Waals surface area (Å²) in [6, 6.07) is 0.619. The zero-order valence-electron chi connectivity index (χ0n) is 8.88. The van der Waals surface area contributed by atoms with Crippen molar-refractivity contribution in [1.82, 2.24) is 15.1 Å². The molecule has 0 aliphatic carbocycles. The minimum atomic E-state index is 0.619. The van der Waals surface area contributed by atoms with E-state index in [0.29, 0.717) is 11.9 Å². The molecule has 0 aromatic carbocycles. The Balaban J connectivity index is 2.14. The summed E-state index contributed by atoms with van der Waals surface area (Å²) in [5.41, 5.74) is 8.25. The van der Waals surface area contributed by atoms with Crippen LogP contribution in [0.2, 0.25) is 0 Å². The van der Waals surface area contributed by atoms with Gasteiger partial charge in [-0.1, -0.05) is 0 Å². The van der Waals surface area contributed by atoms with Crippen molar-refractivity contribution < 1.29 is 0 Å². The zero-order valence-corrected chi connectivity index (χ0v) is 8.88. The number of aromatic amines is 1. The molecule has 1 aliphatic rings. The molecule has 0 unspecified atom stereocenters. The molecule has 0 atom stereocenters.